The fraction of sp³-hybridized carbons (Fsp3) is 0.0588. The highest BCUT2D eigenvalue weighted by atomic mass is 35.5. The normalized spacial score (nSPS) is 10.6. The van der Waals surface area contributed by atoms with Crippen LogP contribution in [0.3, 0.4) is 0 Å². The molecular formula is C17H12ClN3. The lowest BCUT2D eigenvalue weighted by molar-refractivity contribution is -0.00209. The third-order valence-corrected chi connectivity index (χ3v) is 3.26. The molecule has 0 amide bonds. The Hall–Kier alpha value is -2.66. The number of hydrogen-bond donors (Lipinski definition) is 0. The monoisotopic (exact) mass is 293 g/mol. The predicted octanol–water partition coefficient (Wildman–Crippen LogP) is 4.27. The first kappa shape index (κ1) is 14.7. The highest BCUT2D eigenvalue weighted by molar-refractivity contribution is 6.30. The maximum Gasteiger partial charge on any atom is 0.323 e. The number of nitriles is 1. The van der Waals surface area contributed by atoms with Gasteiger partial charge in [0.25, 0.3) is 0 Å². The van der Waals surface area contributed by atoms with Crippen molar-refractivity contribution in [3.8, 4) is 6.07 Å². The summed E-state index contributed by atoms with van der Waals surface area (Å²) in [6.07, 6.45) is 1.55. The summed E-state index contributed by atoms with van der Waals surface area (Å²) in [7, 11) is 0. The Bertz CT molecular complexity index is 759. The predicted molar refractivity (Wildman–Crippen MR) is 83.9 cm³/mol. The number of halogens is 1. The van der Waals surface area contributed by atoms with Gasteiger partial charge in [0.05, 0.1) is 11.1 Å². The Morgan fingerprint density at radius 3 is 2.19 bits per heavy atom. The Balaban J connectivity index is 2.42. The minimum atomic E-state index is 0.335. The van der Waals surface area contributed by atoms with E-state index in [1.54, 1.807) is 30.3 Å². The molecule has 4 heteroatoms. The largest absolute Gasteiger partial charge is 0.361 e. The van der Waals surface area contributed by atoms with E-state index in [1.807, 2.05) is 31.2 Å². The van der Waals surface area contributed by atoms with Gasteiger partial charge in [0.15, 0.2) is 0 Å². The van der Waals surface area contributed by atoms with Crippen LogP contribution < -0.4 is 0 Å². The number of hydrogen-bond acceptors (Lipinski definition) is 1. The number of benzene rings is 2. The third kappa shape index (κ3) is 3.67. The van der Waals surface area contributed by atoms with Gasteiger partial charge < -0.3 is 5.53 Å². The van der Waals surface area contributed by atoms with Crippen molar-refractivity contribution < 1.29 is 4.79 Å². The van der Waals surface area contributed by atoms with Crippen molar-refractivity contribution in [3.05, 3.63) is 81.9 Å². The lowest BCUT2D eigenvalue weighted by Gasteiger charge is -1.99. The zero-order chi connectivity index (χ0) is 15.2. The molecule has 0 unspecified atom stereocenters. The van der Waals surface area contributed by atoms with Gasteiger partial charge in [-0.3, -0.25) is 0 Å². The highest BCUT2D eigenvalue weighted by Crippen LogP contribution is 2.18. The summed E-state index contributed by atoms with van der Waals surface area (Å²) in [5, 5.41) is 9.90. The van der Waals surface area contributed by atoms with Gasteiger partial charge in [-0.2, -0.15) is 10.1 Å². The van der Waals surface area contributed by atoms with E-state index in [0.29, 0.717) is 16.3 Å². The van der Waals surface area contributed by atoms with Crippen molar-refractivity contribution in [2.24, 2.45) is 0 Å². The topological polar surface area (TPSA) is 60.2 Å². The summed E-state index contributed by atoms with van der Waals surface area (Å²) < 4.78 is 0. The van der Waals surface area contributed by atoms with E-state index < -0.39 is 0 Å². The second kappa shape index (κ2) is 6.67. The van der Waals surface area contributed by atoms with Gasteiger partial charge >= 0.3 is 5.71 Å². The molecule has 0 aliphatic rings. The molecule has 0 bridgehead atoms. The molecule has 0 aliphatic heterocycles. The van der Waals surface area contributed by atoms with Crippen LogP contribution in [0, 0.1) is 18.3 Å². The molecule has 0 saturated carbocycles. The van der Waals surface area contributed by atoms with Crippen molar-refractivity contribution in [2.75, 3.05) is 0 Å². The first-order chi connectivity index (χ1) is 10.1. The van der Waals surface area contributed by atoms with Gasteiger partial charge in [-0.15, -0.1) is 0 Å². The number of nitrogens with zero attached hydrogens (tertiary/aromatic N) is 3. The minimum Gasteiger partial charge on any atom is -0.361 e. The summed E-state index contributed by atoms with van der Waals surface area (Å²) in [4.78, 5) is 3.28. The van der Waals surface area contributed by atoms with Gasteiger partial charge in [0.1, 0.15) is 6.07 Å². The second-order valence-corrected chi connectivity index (χ2v) is 4.96. The molecule has 0 atom stereocenters. The summed E-state index contributed by atoms with van der Waals surface area (Å²) in [5.74, 6) is 0. The van der Waals surface area contributed by atoms with Crippen LogP contribution in [-0.2, 0) is 0 Å². The number of allylic oxidation sites excluding steroid dienone is 2. The van der Waals surface area contributed by atoms with Crippen LogP contribution in [0.25, 0.3) is 11.1 Å². The molecule has 0 heterocycles. The second-order valence-electron chi connectivity index (χ2n) is 4.53. The highest BCUT2D eigenvalue weighted by Gasteiger charge is 2.11. The van der Waals surface area contributed by atoms with Crippen LogP contribution in [0.15, 0.2) is 54.6 Å². The quantitative estimate of drug-likeness (QED) is 0.361. The van der Waals surface area contributed by atoms with Gasteiger partial charge in [0.2, 0.25) is 0 Å². The van der Waals surface area contributed by atoms with E-state index in [-0.39, 0.29) is 0 Å². The maximum absolute atomic E-state index is 9.30. The van der Waals surface area contributed by atoms with Crippen molar-refractivity contribution in [3.63, 3.8) is 0 Å². The van der Waals surface area contributed by atoms with Crippen LogP contribution >= 0.6 is 11.6 Å². The third-order valence-electron chi connectivity index (χ3n) is 3.01. The molecule has 0 aromatic heterocycles. The Morgan fingerprint density at radius 2 is 1.67 bits per heavy atom. The van der Waals surface area contributed by atoms with Crippen LogP contribution in [0.2, 0.25) is 5.02 Å². The Kier molecular flexibility index (Phi) is 4.68. The molecule has 0 aliphatic carbocycles. The molecule has 2 rings (SSSR count). The van der Waals surface area contributed by atoms with Gasteiger partial charge in [-0.05, 0) is 36.8 Å². The lowest BCUT2D eigenvalue weighted by Crippen LogP contribution is -1.99. The molecule has 2 aromatic carbocycles. The number of rotatable bonds is 3. The van der Waals surface area contributed by atoms with Gasteiger partial charge in [-0.25, -0.2) is 0 Å². The molecule has 0 N–H and O–H groups in total. The Morgan fingerprint density at radius 1 is 1.10 bits per heavy atom. The molecule has 0 fully saturated rings. The van der Waals surface area contributed by atoms with Gasteiger partial charge in [0, 0.05) is 11.1 Å². The van der Waals surface area contributed by atoms with E-state index in [1.165, 1.54) is 0 Å². The zero-order valence-electron chi connectivity index (χ0n) is 11.4. The minimum absolute atomic E-state index is 0.335. The smallest absolute Gasteiger partial charge is 0.323 e. The zero-order valence-corrected chi connectivity index (χ0v) is 12.2. The van der Waals surface area contributed by atoms with Crippen molar-refractivity contribution >= 4 is 22.9 Å². The van der Waals surface area contributed by atoms with Crippen molar-refractivity contribution in [2.45, 2.75) is 6.92 Å². The summed E-state index contributed by atoms with van der Waals surface area (Å²) in [6.45, 7) is 1.98. The standard InChI is InChI=1S/C17H12ClN3/c1-12-2-4-14(5-3-12)17(21-20)10-15(11-19)13-6-8-16(18)9-7-13/h2-10H,1H3/b15-10+. The maximum atomic E-state index is 9.30. The van der Waals surface area contributed by atoms with Crippen molar-refractivity contribution in [1.82, 2.24) is 0 Å². The SMILES string of the molecule is Cc1ccc(C(/C=C(\C#N)c2ccc(Cl)cc2)=[N+]=[N-])cc1. The average molecular weight is 294 g/mol. The first-order valence-corrected chi connectivity index (χ1v) is 6.68. The van der Waals surface area contributed by atoms with Crippen LogP contribution in [0.5, 0.6) is 0 Å². The van der Waals surface area contributed by atoms with Gasteiger partial charge in [-0.1, -0.05) is 41.4 Å². The summed E-state index contributed by atoms with van der Waals surface area (Å²) in [6, 6.07) is 16.6. The van der Waals surface area contributed by atoms with Crippen LogP contribution in [0.1, 0.15) is 16.7 Å². The summed E-state index contributed by atoms with van der Waals surface area (Å²) in [5.41, 5.74) is 12.5. The molecular weight excluding hydrogens is 282 g/mol. The van der Waals surface area contributed by atoms with E-state index in [2.05, 4.69) is 10.9 Å². The first-order valence-electron chi connectivity index (χ1n) is 6.31. The van der Waals surface area contributed by atoms with E-state index in [9.17, 15) is 10.8 Å². The molecule has 0 radical (unpaired) electrons. The van der Waals surface area contributed by atoms with E-state index >= 15 is 0 Å². The molecule has 0 spiro atoms. The molecule has 2 aromatic rings. The molecule has 0 saturated heterocycles. The fourth-order valence-electron chi connectivity index (χ4n) is 1.84. The van der Waals surface area contributed by atoms with Crippen LogP contribution in [-0.4, -0.2) is 10.5 Å². The van der Waals surface area contributed by atoms with Crippen LogP contribution in [0.4, 0.5) is 0 Å². The lowest BCUT2D eigenvalue weighted by atomic mass is 10.0. The number of aryl methyl sites for hydroxylation is 1. The molecule has 3 nitrogen and oxygen atoms in total. The van der Waals surface area contributed by atoms with E-state index in [0.717, 1.165) is 16.7 Å². The summed E-state index contributed by atoms with van der Waals surface area (Å²) >= 11 is 5.84. The van der Waals surface area contributed by atoms with E-state index in [4.69, 9.17) is 11.6 Å². The average Bonchev–Trinajstić information content (AvgIpc) is 2.51. The Labute approximate surface area is 128 Å². The van der Waals surface area contributed by atoms with Crippen molar-refractivity contribution in [1.29, 1.82) is 5.26 Å². The molecule has 21 heavy (non-hydrogen) atoms. The molecule has 102 valence electrons. The fourth-order valence-corrected chi connectivity index (χ4v) is 1.97.